The second-order valence-corrected chi connectivity index (χ2v) is 9.40. The molecule has 1 nitrogen and oxygen atoms in total. The molecule has 0 bridgehead atoms. The highest BCUT2D eigenvalue weighted by Crippen LogP contribution is 2.11. The van der Waals surface area contributed by atoms with E-state index in [1.54, 1.807) is 0 Å². The molecule has 1 rings (SSSR count). The van der Waals surface area contributed by atoms with E-state index >= 15 is 0 Å². The summed E-state index contributed by atoms with van der Waals surface area (Å²) >= 11 is 0. The molecule has 0 aliphatic rings. The molecule has 82 valence electrons. The number of benzene rings is 1. The molecule has 0 aromatic heterocycles. The van der Waals surface area contributed by atoms with E-state index in [-0.39, 0.29) is 0 Å². The smallest absolute Gasteiger partial charge is 0.157 e. The van der Waals surface area contributed by atoms with Gasteiger partial charge in [-0.3, -0.25) is 0 Å². The van der Waals surface area contributed by atoms with Crippen LogP contribution >= 0.6 is 0 Å². The number of hydrogen-bond acceptors (Lipinski definition) is 1. The molecule has 0 unspecified atom stereocenters. The van der Waals surface area contributed by atoms with Crippen LogP contribution in [0.5, 0.6) is 0 Å². The Balaban J connectivity index is 2.88. The largest absolute Gasteiger partial charge is 0.305 e. The summed E-state index contributed by atoms with van der Waals surface area (Å²) in [5, 5.41) is 1.71. The Morgan fingerprint density at radius 1 is 1.20 bits per heavy atom. The van der Waals surface area contributed by atoms with Crippen LogP contribution in [0.2, 0.25) is 13.1 Å². The Labute approximate surface area is 93.5 Å². The average Bonchev–Trinajstić information content (AvgIpc) is 2.18. The van der Waals surface area contributed by atoms with Crippen molar-refractivity contribution in [2.75, 3.05) is 0 Å². The van der Waals surface area contributed by atoms with Gasteiger partial charge in [0, 0.05) is 6.42 Å². The fraction of sp³-hybridized carbons (Fsp3) is 0.462. The molecule has 0 amide bonds. The van der Waals surface area contributed by atoms with Crippen LogP contribution in [-0.4, -0.2) is 13.5 Å². The van der Waals surface area contributed by atoms with E-state index in [0.29, 0.717) is 17.7 Å². The molecule has 0 spiro atoms. The van der Waals surface area contributed by atoms with E-state index in [1.807, 2.05) is 18.2 Å². The summed E-state index contributed by atoms with van der Waals surface area (Å²) in [7, 11) is -1.88. The zero-order valence-electron chi connectivity index (χ0n) is 10.1. The minimum Gasteiger partial charge on any atom is -0.305 e. The zero-order valence-corrected chi connectivity index (χ0v) is 11.1. The van der Waals surface area contributed by atoms with E-state index in [0.717, 1.165) is 0 Å². The van der Waals surface area contributed by atoms with Gasteiger partial charge in [0.05, 0.1) is 0 Å². The van der Waals surface area contributed by atoms with Crippen molar-refractivity contribution in [3.05, 3.63) is 30.3 Å². The minimum atomic E-state index is -1.88. The van der Waals surface area contributed by atoms with Gasteiger partial charge in [0.25, 0.3) is 0 Å². The van der Waals surface area contributed by atoms with Crippen LogP contribution < -0.4 is 5.19 Å². The molecule has 0 N–H and O–H groups in total. The van der Waals surface area contributed by atoms with Gasteiger partial charge in [0.1, 0.15) is 5.41 Å². The van der Waals surface area contributed by atoms with Crippen LogP contribution in [0, 0.1) is 5.92 Å². The first kappa shape index (κ1) is 12.2. The van der Waals surface area contributed by atoms with Crippen LogP contribution in [0.25, 0.3) is 0 Å². The molecule has 0 saturated heterocycles. The molecule has 15 heavy (non-hydrogen) atoms. The van der Waals surface area contributed by atoms with E-state index in [2.05, 4.69) is 39.1 Å². The third-order valence-electron chi connectivity index (χ3n) is 2.79. The van der Waals surface area contributed by atoms with Gasteiger partial charge < -0.3 is 4.79 Å². The quantitative estimate of drug-likeness (QED) is 0.713. The standard InChI is InChI=1S/C13H20OSi/c1-11(2)10-13(14)15(3,4)12-8-6-5-7-9-12/h5-9,11H,10H2,1-4H3. The lowest BCUT2D eigenvalue weighted by Crippen LogP contribution is -2.50. The van der Waals surface area contributed by atoms with E-state index in [4.69, 9.17) is 0 Å². The van der Waals surface area contributed by atoms with Gasteiger partial charge in [-0.15, -0.1) is 0 Å². The monoisotopic (exact) mass is 220 g/mol. The highest BCUT2D eigenvalue weighted by Gasteiger charge is 2.32. The summed E-state index contributed by atoms with van der Waals surface area (Å²) in [6.45, 7) is 8.50. The fourth-order valence-corrected chi connectivity index (χ4v) is 3.91. The van der Waals surface area contributed by atoms with E-state index in [9.17, 15) is 4.79 Å². The molecule has 2 heteroatoms. The summed E-state index contributed by atoms with van der Waals surface area (Å²) in [4.78, 5) is 12.1. The lowest BCUT2D eigenvalue weighted by atomic mass is 10.2. The molecular formula is C13H20OSi. The molecule has 0 atom stereocenters. The molecule has 0 aliphatic carbocycles. The maximum Gasteiger partial charge on any atom is 0.157 e. The molecular weight excluding hydrogens is 200 g/mol. The number of hydrogen-bond donors (Lipinski definition) is 0. The van der Waals surface area contributed by atoms with Gasteiger partial charge in [-0.05, 0) is 5.92 Å². The van der Waals surface area contributed by atoms with Crippen LogP contribution in [0.3, 0.4) is 0 Å². The molecule has 0 radical (unpaired) electrons. The van der Waals surface area contributed by atoms with Crippen molar-refractivity contribution in [3.63, 3.8) is 0 Å². The van der Waals surface area contributed by atoms with Gasteiger partial charge in [-0.25, -0.2) is 0 Å². The average molecular weight is 220 g/mol. The third kappa shape index (κ3) is 3.03. The third-order valence-corrected chi connectivity index (χ3v) is 6.16. The summed E-state index contributed by atoms with van der Waals surface area (Å²) < 4.78 is 0. The second-order valence-electron chi connectivity index (χ2n) is 5.01. The predicted octanol–water partition coefficient (Wildman–Crippen LogP) is 2.76. The van der Waals surface area contributed by atoms with Crippen molar-refractivity contribution < 1.29 is 4.79 Å². The second kappa shape index (κ2) is 4.75. The van der Waals surface area contributed by atoms with Gasteiger partial charge in [0.15, 0.2) is 8.07 Å². The first-order valence-electron chi connectivity index (χ1n) is 5.53. The summed E-state index contributed by atoms with van der Waals surface area (Å²) in [6, 6.07) is 10.2. The van der Waals surface area contributed by atoms with E-state index in [1.165, 1.54) is 5.19 Å². The van der Waals surface area contributed by atoms with Gasteiger partial charge in [0.2, 0.25) is 0 Å². The summed E-state index contributed by atoms with van der Waals surface area (Å²) in [5.41, 5.74) is 0. The van der Waals surface area contributed by atoms with Crippen molar-refractivity contribution in [3.8, 4) is 0 Å². The van der Waals surface area contributed by atoms with Gasteiger partial charge in [-0.1, -0.05) is 62.5 Å². The number of carbonyl (C=O) groups is 1. The first-order chi connectivity index (χ1) is 6.94. The first-order valence-corrected chi connectivity index (χ1v) is 8.53. The molecule has 0 heterocycles. The molecule has 0 fully saturated rings. The normalized spacial score (nSPS) is 11.8. The lowest BCUT2D eigenvalue weighted by Gasteiger charge is -2.22. The molecule has 1 aromatic carbocycles. The van der Waals surface area contributed by atoms with Crippen molar-refractivity contribution in [1.82, 2.24) is 0 Å². The lowest BCUT2D eigenvalue weighted by molar-refractivity contribution is -0.113. The maximum atomic E-state index is 12.1. The van der Waals surface area contributed by atoms with Crippen LogP contribution in [-0.2, 0) is 4.79 Å². The number of carbonyl (C=O) groups excluding carboxylic acids is 1. The SMILES string of the molecule is CC(C)CC(=O)[Si](C)(C)c1ccccc1. The number of rotatable bonds is 4. The van der Waals surface area contributed by atoms with Crippen LogP contribution in [0.1, 0.15) is 20.3 Å². The van der Waals surface area contributed by atoms with Crippen molar-refractivity contribution >= 4 is 18.7 Å². The van der Waals surface area contributed by atoms with Crippen molar-refractivity contribution in [2.45, 2.75) is 33.4 Å². The Hall–Kier alpha value is -0.893. The Morgan fingerprint density at radius 2 is 1.73 bits per heavy atom. The Kier molecular flexibility index (Phi) is 3.86. The summed E-state index contributed by atoms with van der Waals surface area (Å²) in [5.74, 6) is 0.466. The highest BCUT2D eigenvalue weighted by atomic mass is 28.3. The Morgan fingerprint density at radius 3 is 2.20 bits per heavy atom. The van der Waals surface area contributed by atoms with Crippen LogP contribution in [0.15, 0.2) is 30.3 Å². The topological polar surface area (TPSA) is 17.1 Å². The zero-order chi connectivity index (χ0) is 11.5. The molecule has 0 aliphatic heterocycles. The molecule has 1 aromatic rings. The minimum absolute atomic E-state index is 0.462. The highest BCUT2D eigenvalue weighted by molar-refractivity contribution is 7.13. The van der Waals surface area contributed by atoms with Crippen LogP contribution in [0.4, 0.5) is 0 Å². The van der Waals surface area contributed by atoms with Gasteiger partial charge in [-0.2, -0.15) is 0 Å². The predicted molar refractivity (Wildman–Crippen MR) is 68.0 cm³/mol. The molecule has 0 saturated carbocycles. The fourth-order valence-electron chi connectivity index (χ4n) is 1.64. The van der Waals surface area contributed by atoms with Crippen molar-refractivity contribution in [2.24, 2.45) is 5.92 Å². The van der Waals surface area contributed by atoms with E-state index < -0.39 is 8.07 Å². The van der Waals surface area contributed by atoms with Gasteiger partial charge >= 0.3 is 0 Å². The van der Waals surface area contributed by atoms with Crippen molar-refractivity contribution in [1.29, 1.82) is 0 Å². The maximum absolute atomic E-state index is 12.1. The summed E-state index contributed by atoms with van der Waals surface area (Å²) in [6.07, 6.45) is 0.716. The Bertz CT molecular complexity index is 328.